The van der Waals surface area contributed by atoms with E-state index in [4.69, 9.17) is 5.84 Å². The van der Waals surface area contributed by atoms with Crippen LogP contribution in [0.3, 0.4) is 0 Å². The highest BCUT2D eigenvalue weighted by Gasteiger charge is 2.20. The van der Waals surface area contributed by atoms with Gasteiger partial charge in [-0.05, 0) is 57.2 Å². The number of thiophene rings is 1. The first-order valence-electron chi connectivity index (χ1n) is 5.99. The van der Waals surface area contributed by atoms with Crippen LogP contribution in [0.4, 0.5) is 0 Å². The van der Waals surface area contributed by atoms with E-state index in [0.29, 0.717) is 0 Å². The van der Waals surface area contributed by atoms with E-state index >= 15 is 0 Å². The molecule has 0 fully saturated rings. The van der Waals surface area contributed by atoms with Gasteiger partial charge in [-0.3, -0.25) is 16.0 Å². The summed E-state index contributed by atoms with van der Waals surface area (Å²) < 4.78 is 4.18. The molecular formula is C12H16Br2N4S. The normalized spacial score (nSPS) is 12.9. The maximum Gasteiger partial charge on any atom is 0.0738 e. The highest BCUT2D eigenvalue weighted by Crippen LogP contribution is 2.32. The Morgan fingerprint density at radius 3 is 2.79 bits per heavy atom. The Balaban J connectivity index is 2.31. The van der Waals surface area contributed by atoms with Crippen LogP contribution in [0, 0.1) is 6.92 Å². The first-order valence-corrected chi connectivity index (χ1v) is 8.45. The van der Waals surface area contributed by atoms with Crippen LogP contribution in [0.15, 0.2) is 20.4 Å². The Labute approximate surface area is 133 Å². The minimum atomic E-state index is 0.0760. The molecule has 0 aromatic carbocycles. The molecule has 2 heterocycles. The van der Waals surface area contributed by atoms with Gasteiger partial charge in [-0.15, -0.1) is 11.3 Å². The quantitative estimate of drug-likeness (QED) is 0.588. The van der Waals surface area contributed by atoms with E-state index in [1.165, 1.54) is 10.6 Å². The molecular weight excluding hydrogens is 392 g/mol. The summed E-state index contributed by atoms with van der Waals surface area (Å²) in [7, 11) is 0. The summed E-state index contributed by atoms with van der Waals surface area (Å²) >= 11 is 8.88. The smallest absolute Gasteiger partial charge is 0.0738 e. The van der Waals surface area contributed by atoms with Crippen LogP contribution in [-0.4, -0.2) is 9.78 Å². The molecule has 3 N–H and O–H groups in total. The Morgan fingerprint density at radius 2 is 2.26 bits per heavy atom. The first kappa shape index (κ1) is 15.2. The van der Waals surface area contributed by atoms with Crippen LogP contribution >= 0.6 is 43.2 Å². The zero-order valence-electron chi connectivity index (χ0n) is 10.8. The van der Waals surface area contributed by atoms with Crippen molar-refractivity contribution in [3.8, 4) is 0 Å². The Morgan fingerprint density at radius 1 is 1.53 bits per heavy atom. The van der Waals surface area contributed by atoms with Gasteiger partial charge in [0.05, 0.1) is 21.9 Å². The SMILES string of the molecule is CCn1nc(C)c(Br)c1CC(NN)c1sccc1Br. The maximum absolute atomic E-state index is 5.72. The molecule has 2 aromatic rings. The monoisotopic (exact) mass is 406 g/mol. The Kier molecular flexibility index (Phi) is 5.19. The number of aryl methyl sites for hydroxylation is 2. The van der Waals surface area contributed by atoms with E-state index in [2.05, 4.69) is 54.7 Å². The lowest BCUT2D eigenvalue weighted by Gasteiger charge is -2.16. The number of hydrogen-bond acceptors (Lipinski definition) is 4. The lowest BCUT2D eigenvalue weighted by atomic mass is 10.1. The van der Waals surface area contributed by atoms with Crippen molar-refractivity contribution < 1.29 is 0 Å². The second-order valence-electron chi connectivity index (χ2n) is 4.22. The Bertz CT molecular complexity index is 564. The topological polar surface area (TPSA) is 55.9 Å². The average Bonchev–Trinajstić information content (AvgIpc) is 2.93. The molecule has 0 saturated carbocycles. The molecule has 104 valence electrons. The average molecular weight is 408 g/mol. The fourth-order valence-corrected chi connectivity index (χ4v) is 4.20. The van der Waals surface area contributed by atoms with Crippen LogP contribution in [0.1, 0.15) is 29.2 Å². The molecule has 2 rings (SSSR count). The number of nitrogens with zero attached hydrogens (tertiary/aromatic N) is 2. The highest BCUT2D eigenvalue weighted by atomic mass is 79.9. The van der Waals surface area contributed by atoms with E-state index in [1.807, 2.05) is 17.7 Å². The number of aromatic nitrogens is 2. The summed E-state index contributed by atoms with van der Waals surface area (Å²) in [5.74, 6) is 5.72. The first-order chi connectivity index (χ1) is 9.08. The van der Waals surface area contributed by atoms with Crippen molar-refractivity contribution in [3.63, 3.8) is 0 Å². The molecule has 4 nitrogen and oxygen atoms in total. The van der Waals surface area contributed by atoms with E-state index in [1.54, 1.807) is 11.3 Å². The van der Waals surface area contributed by atoms with E-state index in [-0.39, 0.29) is 6.04 Å². The molecule has 1 unspecified atom stereocenters. The molecule has 0 radical (unpaired) electrons. The Hall–Kier alpha value is -0.210. The highest BCUT2D eigenvalue weighted by molar-refractivity contribution is 9.10. The van der Waals surface area contributed by atoms with Crippen LogP contribution in [-0.2, 0) is 13.0 Å². The summed E-state index contributed by atoms with van der Waals surface area (Å²) in [5, 5.41) is 6.57. The van der Waals surface area contributed by atoms with Crippen LogP contribution in [0.2, 0.25) is 0 Å². The summed E-state index contributed by atoms with van der Waals surface area (Å²) in [6, 6.07) is 2.12. The second kappa shape index (κ2) is 6.49. The third-order valence-electron chi connectivity index (χ3n) is 3.01. The summed E-state index contributed by atoms with van der Waals surface area (Å²) in [5.41, 5.74) is 5.08. The number of hydrogen-bond donors (Lipinski definition) is 2. The summed E-state index contributed by atoms with van der Waals surface area (Å²) in [4.78, 5) is 1.20. The molecule has 0 bridgehead atoms. The zero-order valence-corrected chi connectivity index (χ0v) is 14.8. The molecule has 1 atom stereocenters. The second-order valence-corrected chi connectivity index (χ2v) is 6.81. The number of nitrogens with two attached hydrogens (primary N) is 1. The lowest BCUT2D eigenvalue weighted by molar-refractivity contribution is 0.521. The number of hydrazine groups is 1. The number of rotatable bonds is 5. The fourth-order valence-electron chi connectivity index (χ4n) is 2.04. The zero-order chi connectivity index (χ0) is 14.0. The van der Waals surface area contributed by atoms with E-state index in [9.17, 15) is 0 Å². The molecule has 0 aliphatic carbocycles. The van der Waals surface area contributed by atoms with Crippen molar-refractivity contribution in [1.29, 1.82) is 0 Å². The minimum absolute atomic E-state index is 0.0760. The molecule has 0 saturated heterocycles. The van der Waals surface area contributed by atoms with Gasteiger partial charge in [-0.2, -0.15) is 5.10 Å². The van der Waals surface area contributed by atoms with Gasteiger partial charge >= 0.3 is 0 Å². The van der Waals surface area contributed by atoms with E-state index in [0.717, 1.165) is 27.6 Å². The molecule has 2 aromatic heterocycles. The fraction of sp³-hybridized carbons (Fsp3) is 0.417. The number of nitrogens with one attached hydrogen (secondary N) is 1. The van der Waals surface area contributed by atoms with Gasteiger partial charge in [0, 0.05) is 22.3 Å². The largest absolute Gasteiger partial charge is 0.271 e. The van der Waals surface area contributed by atoms with Crippen molar-refractivity contribution in [2.24, 2.45) is 5.84 Å². The molecule has 7 heteroatoms. The molecule has 0 aliphatic heterocycles. The van der Waals surface area contributed by atoms with Crippen molar-refractivity contribution in [2.45, 2.75) is 32.9 Å². The predicted octanol–water partition coefficient (Wildman–Crippen LogP) is 3.55. The van der Waals surface area contributed by atoms with Gasteiger partial charge in [0.2, 0.25) is 0 Å². The van der Waals surface area contributed by atoms with Crippen LogP contribution in [0.5, 0.6) is 0 Å². The van der Waals surface area contributed by atoms with E-state index < -0.39 is 0 Å². The van der Waals surface area contributed by atoms with Gasteiger partial charge in [-0.1, -0.05) is 0 Å². The van der Waals surface area contributed by atoms with Crippen molar-refractivity contribution in [3.05, 3.63) is 36.7 Å². The minimum Gasteiger partial charge on any atom is -0.271 e. The van der Waals surface area contributed by atoms with Crippen LogP contribution < -0.4 is 11.3 Å². The molecule has 0 amide bonds. The molecule has 19 heavy (non-hydrogen) atoms. The van der Waals surface area contributed by atoms with Gasteiger partial charge in [-0.25, -0.2) is 0 Å². The van der Waals surface area contributed by atoms with Crippen molar-refractivity contribution in [1.82, 2.24) is 15.2 Å². The predicted molar refractivity (Wildman–Crippen MR) is 86.1 cm³/mol. The third-order valence-corrected chi connectivity index (χ3v) is 6.03. The van der Waals surface area contributed by atoms with Gasteiger partial charge in [0.25, 0.3) is 0 Å². The van der Waals surface area contributed by atoms with Crippen LogP contribution in [0.25, 0.3) is 0 Å². The van der Waals surface area contributed by atoms with Gasteiger partial charge in [0.1, 0.15) is 0 Å². The van der Waals surface area contributed by atoms with Crippen molar-refractivity contribution in [2.75, 3.05) is 0 Å². The lowest BCUT2D eigenvalue weighted by Crippen LogP contribution is -2.30. The molecule has 0 spiro atoms. The number of halogens is 2. The summed E-state index contributed by atoms with van der Waals surface area (Å²) in [6.45, 7) is 4.95. The maximum atomic E-state index is 5.72. The van der Waals surface area contributed by atoms with Gasteiger partial charge < -0.3 is 0 Å². The van der Waals surface area contributed by atoms with Gasteiger partial charge in [0.15, 0.2) is 0 Å². The molecule has 0 aliphatic rings. The standard InChI is InChI=1S/C12H16Br2N4S/c1-3-18-10(11(14)7(2)17-18)6-9(16-15)12-8(13)4-5-19-12/h4-5,9,16H,3,6,15H2,1-2H3. The van der Waals surface area contributed by atoms with Crippen molar-refractivity contribution >= 4 is 43.2 Å². The summed E-state index contributed by atoms with van der Waals surface area (Å²) in [6.07, 6.45) is 0.797. The third kappa shape index (κ3) is 3.11.